The minimum absolute atomic E-state index is 0.234. The van der Waals surface area contributed by atoms with Crippen LogP contribution in [0.1, 0.15) is 15.9 Å². The Kier molecular flexibility index (Phi) is 4.69. The number of methoxy groups -OCH3 is 1. The minimum Gasteiger partial charge on any atom is -0.496 e. The lowest BCUT2D eigenvalue weighted by Crippen LogP contribution is -1.98. The maximum atomic E-state index is 13.6. The molecule has 0 radical (unpaired) electrons. The highest BCUT2D eigenvalue weighted by Gasteiger charge is 2.08. The summed E-state index contributed by atoms with van der Waals surface area (Å²) >= 11 is 3.27. The summed E-state index contributed by atoms with van der Waals surface area (Å²) in [6, 6.07) is 11.5. The fourth-order valence-corrected chi connectivity index (χ4v) is 2.12. The van der Waals surface area contributed by atoms with E-state index in [9.17, 15) is 9.18 Å². The van der Waals surface area contributed by atoms with Crippen molar-refractivity contribution in [2.24, 2.45) is 0 Å². The van der Waals surface area contributed by atoms with Gasteiger partial charge in [0.05, 0.1) is 12.7 Å². The lowest BCUT2D eigenvalue weighted by molar-refractivity contribution is 0.104. The molecule has 0 N–H and O–H groups in total. The Morgan fingerprint density at radius 2 is 2.00 bits per heavy atom. The molecule has 0 spiro atoms. The maximum absolute atomic E-state index is 13.6. The molecule has 0 amide bonds. The number of para-hydroxylation sites is 1. The maximum Gasteiger partial charge on any atom is 0.189 e. The zero-order chi connectivity index (χ0) is 14.5. The molecule has 0 saturated carbocycles. The number of rotatable bonds is 4. The Labute approximate surface area is 125 Å². The predicted octanol–water partition coefficient (Wildman–Crippen LogP) is 4.49. The number of hydrogen-bond acceptors (Lipinski definition) is 2. The summed E-state index contributed by atoms with van der Waals surface area (Å²) < 4.78 is 19.4. The molecular formula is C16H12BrFO2. The van der Waals surface area contributed by atoms with E-state index >= 15 is 0 Å². The molecule has 2 aromatic carbocycles. The molecule has 0 aliphatic carbocycles. The molecule has 20 heavy (non-hydrogen) atoms. The highest BCUT2D eigenvalue weighted by Crippen LogP contribution is 2.20. The van der Waals surface area contributed by atoms with Crippen LogP contribution in [0.3, 0.4) is 0 Å². The second-order valence-corrected chi connectivity index (χ2v) is 4.98. The Balaban J connectivity index is 2.27. The average molecular weight is 335 g/mol. The summed E-state index contributed by atoms with van der Waals surface area (Å²) in [6.45, 7) is 0. The van der Waals surface area contributed by atoms with Crippen LogP contribution in [0, 0.1) is 5.82 Å². The number of hydrogen-bond donors (Lipinski definition) is 0. The molecule has 0 heterocycles. The second-order valence-electron chi connectivity index (χ2n) is 4.06. The van der Waals surface area contributed by atoms with E-state index in [0.717, 1.165) is 4.47 Å². The molecule has 0 aromatic heterocycles. The normalized spacial score (nSPS) is 10.8. The Morgan fingerprint density at radius 3 is 2.75 bits per heavy atom. The van der Waals surface area contributed by atoms with E-state index in [1.165, 1.54) is 25.3 Å². The topological polar surface area (TPSA) is 26.3 Å². The van der Waals surface area contributed by atoms with Gasteiger partial charge in [-0.2, -0.15) is 0 Å². The molecule has 0 atom stereocenters. The smallest absolute Gasteiger partial charge is 0.189 e. The van der Waals surface area contributed by atoms with Crippen LogP contribution in [0.2, 0.25) is 0 Å². The Morgan fingerprint density at radius 1 is 1.25 bits per heavy atom. The summed E-state index contributed by atoms with van der Waals surface area (Å²) in [7, 11) is 1.50. The molecule has 4 heteroatoms. The summed E-state index contributed by atoms with van der Waals surface area (Å²) in [4.78, 5) is 12.1. The van der Waals surface area contributed by atoms with Gasteiger partial charge < -0.3 is 4.74 Å². The molecule has 2 rings (SSSR count). The van der Waals surface area contributed by atoms with Crippen molar-refractivity contribution in [2.45, 2.75) is 0 Å². The number of ether oxygens (including phenoxy) is 1. The van der Waals surface area contributed by atoms with E-state index in [1.807, 2.05) is 0 Å². The monoisotopic (exact) mass is 334 g/mol. The molecule has 102 valence electrons. The Bertz CT molecular complexity index is 665. The van der Waals surface area contributed by atoms with Gasteiger partial charge >= 0.3 is 0 Å². The molecule has 0 unspecified atom stereocenters. The van der Waals surface area contributed by atoms with Crippen LogP contribution in [0.15, 0.2) is 53.0 Å². The zero-order valence-electron chi connectivity index (χ0n) is 10.8. The van der Waals surface area contributed by atoms with Gasteiger partial charge in [0.15, 0.2) is 5.78 Å². The zero-order valence-corrected chi connectivity index (χ0v) is 12.4. The van der Waals surface area contributed by atoms with Crippen LogP contribution in [0.25, 0.3) is 6.08 Å². The van der Waals surface area contributed by atoms with Crippen LogP contribution in [-0.4, -0.2) is 12.9 Å². The van der Waals surface area contributed by atoms with Crippen molar-refractivity contribution in [1.29, 1.82) is 0 Å². The third kappa shape index (κ3) is 3.33. The highest BCUT2D eigenvalue weighted by atomic mass is 79.9. The molecule has 0 aliphatic rings. The molecular weight excluding hydrogens is 323 g/mol. The van der Waals surface area contributed by atoms with Crippen molar-refractivity contribution in [3.05, 3.63) is 70.0 Å². The molecule has 0 saturated heterocycles. The highest BCUT2D eigenvalue weighted by molar-refractivity contribution is 9.10. The van der Waals surface area contributed by atoms with Gasteiger partial charge in [-0.15, -0.1) is 0 Å². The van der Waals surface area contributed by atoms with E-state index in [2.05, 4.69) is 15.9 Å². The van der Waals surface area contributed by atoms with E-state index in [1.54, 1.807) is 36.4 Å². The molecule has 0 bridgehead atoms. The minimum atomic E-state index is -0.378. The molecule has 0 aliphatic heterocycles. The quantitative estimate of drug-likeness (QED) is 0.608. The Hall–Kier alpha value is -1.94. The largest absolute Gasteiger partial charge is 0.496 e. The van der Waals surface area contributed by atoms with Crippen LogP contribution < -0.4 is 4.74 Å². The van der Waals surface area contributed by atoms with Gasteiger partial charge in [-0.3, -0.25) is 4.79 Å². The first-order valence-electron chi connectivity index (χ1n) is 5.92. The molecule has 0 fully saturated rings. The summed E-state index contributed by atoms with van der Waals surface area (Å²) in [5.41, 5.74) is 0.796. The van der Waals surface area contributed by atoms with Crippen molar-refractivity contribution in [3.63, 3.8) is 0 Å². The van der Waals surface area contributed by atoms with Gasteiger partial charge in [0.2, 0.25) is 0 Å². The fourth-order valence-electron chi connectivity index (χ4n) is 1.75. The average Bonchev–Trinajstić information content (AvgIpc) is 2.47. The van der Waals surface area contributed by atoms with Gasteiger partial charge in [-0.1, -0.05) is 28.1 Å². The SMILES string of the molecule is COc1ccccc1C(=O)/C=C/c1cc(Br)ccc1F. The van der Waals surface area contributed by atoms with Gasteiger partial charge in [0.25, 0.3) is 0 Å². The summed E-state index contributed by atoms with van der Waals surface area (Å²) in [5.74, 6) is -0.115. The standard InChI is InChI=1S/C16H12BrFO2/c1-20-16-5-3-2-4-13(16)15(19)9-6-11-10-12(17)7-8-14(11)18/h2-10H,1H3/b9-6+. The summed E-state index contributed by atoms with van der Waals surface area (Å²) in [5, 5.41) is 0. The molecule has 2 nitrogen and oxygen atoms in total. The van der Waals surface area contributed by atoms with E-state index < -0.39 is 0 Å². The molecule has 2 aromatic rings. The number of allylic oxidation sites excluding steroid dienone is 1. The van der Waals surface area contributed by atoms with Gasteiger partial charge in [0, 0.05) is 10.0 Å². The number of ketones is 1. The van der Waals surface area contributed by atoms with Gasteiger partial charge in [-0.05, 0) is 42.5 Å². The van der Waals surface area contributed by atoms with Crippen molar-refractivity contribution < 1.29 is 13.9 Å². The number of benzene rings is 2. The van der Waals surface area contributed by atoms with Gasteiger partial charge in [-0.25, -0.2) is 4.39 Å². The van der Waals surface area contributed by atoms with Crippen molar-refractivity contribution in [1.82, 2.24) is 0 Å². The van der Waals surface area contributed by atoms with Crippen molar-refractivity contribution in [3.8, 4) is 5.75 Å². The third-order valence-corrected chi connectivity index (χ3v) is 3.24. The lowest BCUT2D eigenvalue weighted by Gasteiger charge is -2.04. The first kappa shape index (κ1) is 14.5. The van der Waals surface area contributed by atoms with Crippen LogP contribution in [0.4, 0.5) is 4.39 Å². The van der Waals surface area contributed by atoms with E-state index in [0.29, 0.717) is 16.9 Å². The predicted molar refractivity (Wildman–Crippen MR) is 80.5 cm³/mol. The van der Waals surface area contributed by atoms with Gasteiger partial charge in [0.1, 0.15) is 11.6 Å². The second kappa shape index (κ2) is 6.48. The van der Waals surface area contributed by atoms with E-state index in [4.69, 9.17) is 4.74 Å². The number of carbonyl (C=O) groups excluding carboxylic acids is 1. The first-order valence-corrected chi connectivity index (χ1v) is 6.71. The van der Waals surface area contributed by atoms with Crippen molar-refractivity contribution in [2.75, 3.05) is 7.11 Å². The van der Waals surface area contributed by atoms with Crippen LogP contribution in [-0.2, 0) is 0 Å². The summed E-state index contributed by atoms with van der Waals surface area (Å²) in [6.07, 6.45) is 2.79. The number of carbonyl (C=O) groups is 1. The van der Waals surface area contributed by atoms with Crippen molar-refractivity contribution >= 4 is 27.8 Å². The first-order chi connectivity index (χ1) is 9.61. The number of halogens is 2. The van der Waals surface area contributed by atoms with Crippen LogP contribution in [0.5, 0.6) is 5.75 Å². The van der Waals surface area contributed by atoms with E-state index in [-0.39, 0.29) is 11.6 Å². The third-order valence-electron chi connectivity index (χ3n) is 2.74. The lowest BCUT2D eigenvalue weighted by atomic mass is 10.1. The fraction of sp³-hybridized carbons (Fsp3) is 0.0625. The van der Waals surface area contributed by atoms with Crippen LogP contribution >= 0.6 is 15.9 Å².